The number of benzene rings is 1. The number of amides is 1. The minimum atomic E-state index is -0.382. The molecule has 1 N–H and O–H groups in total. The van der Waals surface area contributed by atoms with Crippen molar-refractivity contribution < 1.29 is 13.6 Å². The maximum absolute atomic E-state index is 14.3. The summed E-state index contributed by atoms with van der Waals surface area (Å²) in [4.78, 5) is 22.9. The molecule has 0 radical (unpaired) electrons. The number of fused-ring (bicyclic) bond motifs is 1. The van der Waals surface area contributed by atoms with Crippen LogP contribution in [0.5, 0.6) is 0 Å². The van der Waals surface area contributed by atoms with Gasteiger partial charge in [0.1, 0.15) is 29.8 Å². The van der Waals surface area contributed by atoms with Gasteiger partial charge in [-0.2, -0.15) is 0 Å². The average molecular weight is 340 g/mol. The molecule has 2 aromatic heterocycles. The monoisotopic (exact) mass is 340 g/mol. The minimum Gasteiger partial charge on any atom is -0.467 e. The Morgan fingerprint density at radius 1 is 1.32 bits per heavy atom. The Kier molecular flexibility index (Phi) is 4.05. The molecule has 1 saturated heterocycles. The first kappa shape index (κ1) is 15.6. The van der Waals surface area contributed by atoms with E-state index in [1.54, 1.807) is 30.5 Å². The van der Waals surface area contributed by atoms with Crippen LogP contribution >= 0.6 is 0 Å². The van der Waals surface area contributed by atoms with Crippen molar-refractivity contribution in [3.05, 3.63) is 54.5 Å². The van der Waals surface area contributed by atoms with Gasteiger partial charge in [0.15, 0.2) is 0 Å². The van der Waals surface area contributed by atoms with E-state index in [1.165, 1.54) is 12.4 Å². The Balaban J connectivity index is 1.60. The number of carbonyl (C=O) groups is 1. The van der Waals surface area contributed by atoms with Crippen LogP contribution in [0, 0.1) is 5.82 Å². The second kappa shape index (κ2) is 6.51. The van der Waals surface area contributed by atoms with Gasteiger partial charge in [-0.1, -0.05) is 6.07 Å². The summed E-state index contributed by atoms with van der Waals surface area (Å²) in [6.45, 7) is 0.980. The molecule has 3 heterocycles. The molecule has 1 fully saturated rings. The fraction of sp³-hybridized carbons (Fsp3) is 0.278. The van der Waals surface area contributed by atoms with Gasteiger partial charge in [-0.25, -0.2) is 14.4 Å². The molecule has 0 aliphatic carbocycles. The van der Waals surface area contributed by atoms with Crippen molar-refractivity contribution in [2.75, 3.05) is 11.4 Å². The van der Waals surface area contributed by atoms with E-state index in [0.29, 0.717) is 42.0 Å². The van der Waals surface area contributed by atoms with Crippen LogP contribution in [0.15, 0.2) is 47.3 Å². The Labute approximate surface area is 143 Å². The second-order valence-corrected chi connectivity index (χ2v) is 5.98. The fourth-order valence-corrected chi connectivity index (χ4v) is 3.27. The first-order valence-electron chi connectivity index (χ1n) is 8.20. The fourth-order valence-electron chi connectivity index (χ4n) is 3.27. The number of aromatic nitrogens is 2. The quantitative estimate of drug-likeness (QED) is 0.790. The van der Waals surface area contributed by atoms with Gasteiger partial charge in [0.2, 0.25) is 5.91 Å². The summed E-state index contributed by atoms with van der Waals surface area (Å²) in [5.74, 6) is 0.668. The molecule has 25 heavy (non-hydrogen) atoms. The number of anilines is 1. The summed E-state index contributed by atoms with van der Waals surface area (Å²) in [6.07, 6.45) is 4.52. The molecule has 1 aliphatic heterocycles. The van der Waals surface area contributed by atoms with Gasteiger partial charge in [0.05, 0.1) is 23.7 Å². The average Bonchev–Trinajstić information content (AvgIpc) is 3.31. The third-order valence-electron chi connectivity index (χ3n) is 4.44. The standard InChI is InChI=1S/C18H17FN4O2/c19-13-5-1-6-14-16(13)17(22-11-21-14)23-8-2-7-15(23)18(24)20-10-12-4-3-9-25-12/h1,3-6,9,11,15H,2,7-8,10H2,(H,20,24)/t15-/m0/s1. The van der Waals surface area contributed by atoms with Crippen LogP contribution in [0.3, 0.4) is 0 Å². The Hall–Kier alpha value is -2.96. The van der Waals surface area contributed by atoms with Gasteiger partial charge in [-0.15, -0.1) is 0 Å². The molecule has 1 aromatic carbocycles. The number of rotatable bonds is 4. The van der Waals surface area contributed by atoms with E-state index in [0.717, 1.165) is 6.42 Å². The highest BCUT2D eigenvalue weighted by atomic mass is 19.1. The van der Waals surface area contributed by atoms with E-state index in [4.69, 9.17) is 4.42 Å². The summed E-state index contributed by atoms with van der Waals surface area (Å²) in [7, 11) is 0. The van der Waals surface area contributed by atoms with Crippen molar-refractivity contribution in [3.63, 3.8) is 0 Å². The Morgan fingerprint density at radius 3 is 3.08 bits per heavy atom. The van der Waals surface area contributed by atoms with Gasteiger partial charge in [0.25, 0.3) is 0 Å². The lowest BCUT2D eigenvalue weighted by molar-refractivity contribution is -0.122. The van der Waals surface area contributed by atoms with Crippen LogP contribution in [0.4, 0.5) is 10.2 Å². The first-order valence-corrected chi connectivity index (χ1v) is 8.20. The number of nitrogens with one attached hydrogen (secondary N) is 1. The third-order valence-corrected chi connectivity index (χ3v) is 4.44. The lowest BCUT2D eigenvalue weighted by Crippen LogP contribution is -2.43. The minimum absolute atomic E-state index is 0.114. The molecule has 3 aromatic rings. The van der Waals surface area contributed by atoms with Crippen molar-refractivity contribution in [3.8, 4) is 0 Å². The molecule has 0 bridgehead atoms. The van der Waals surface area contributed by atoms with Gasteiger partial charge in [-0.05, 0) is 37.1 Å². The van der Waals surface area contributed by atoms with Crippen LogP contribution in [-0.4, -0.2) is 28.5 Å². The number of nitrogens with zero attached hydrogens (tertiary/aromatic N) is 3. The molecule has 128 valence electrons. The van der Waals surface area contributed by atoms with Crippen LogP contribution in [0.1, 0.15) is 18.6 Å². The molecule has 1 atom stereocenters. The zero-order valence-corrected chi connectivity index (χ0v) is 13.5. The molecule has 1 aliphatic rings. The van der Waals surface area contributed by atoms with E-state index in [-0.39, 0.29) is 17.8 Å². The number of carbonyl (C=O) groups excluding carboxylic acids is 1. The van der Waals surface area contributed by atoms with E-state index < -0.39 is 0 Å². The molecule has 0 unspecified atom stereocenters. The van der Waals surface area contributed by atoms with Gasteiger partial charge < -0.3 is 14.6 Å². The Morgan fingerprint density at radius 2 is 2.24 bits per heavy atom. The van der Waals surface area contributed by atoms with Crippen molar-refractivity contribution in [2.45, 2.75) is 25.4 Å². The smallest absolute Gasteiger partial charge is 0.243 e. The Bertz CT molecular complexity index is 892. The van der Waals surface area contributed by atoms with E-state index in [9.17, 15) is 9.18 Å². The van der Waals surface area contributed by atoms with Gasteiger partial charge >= 0.3 is 0 Å². The lowest BCUT2D eigenvalue weighted by Gasteiger charge is -2.25. The lowest BCUT2D eigenvalue weighted by atomic mass is 10.1. The largest absolute Gasteiger partial charge is 0.467 e. The van der Waals surface area contributed by atoms with E-state index >= 15 is 0 Å². The number of furan rings is 1. The van der Waals surface area contributed by atoms with Crippen LogP contribution < -0.4 is 10.2 Å². The summed E-state index contributed by atoms with van der Waals surface area (Å²) in [5.41, 5.74) is 0.534. The maximum atomic E-state index is 14.3. The molecule has 7 heteroatoms. The predicted octanol–water partition coefficient (Wildman–Crippen LogP) is 2.65. The molecule has 0 saturated carbocycles. The zero-order chi connectivity index (χ0) is 17.2. The summed E-state index contributed by atoms with van der Waals surface area (Å²) in [6, 6.07) is 7.95. The van der Waals surface area contributed by atoms with E-state index in [2.05, 4.69) is 15.3 Å². The van der Waals surface area contributed by atoms with Gasteiger partial charge in [-0.3, -0.25) is 4.79 Å². The molecule has 6 nitrogen and oxygen atoms in total. The van der Waals surface area contributed by atoms with Crippen molar-refractivity contribution in [1.29, 1.82) is 0 Å². The second-order valence-electron chi connectivity index (χ2n) is 5.98. The summed E-state index contributed by atoms with van der Waals surface area (Å²) < 4.78 is 19.6. The SMILES string of the molecule is O=C(NCc1ccco1)[C@@H]1CCCN1c1ncnc2cccc(F)c12. The molecular weight excluding hydrogens is 323 g/mol. The topological polar surface area (TPSA) is 71.3 Å². The third kappa shape index (κ3) is 2.93. The molecule has 1 amide bonds. The van der Waals surface area contributed by atoms with E-state index in [1.807, 2.05) is 4.90 Å². The summed E-state index contributed by atoms with van der Waals surface area (Å²) in [5, 5.41) is 3.24. The predicted molar refractivity (Wildman–Crippen MR) is 90.4 cm³/mol. The molecule has 4 rings (SSSR count). The van der Waals surface area contributed by atoms with Gasteiger partial charge in [0, 0.05) is 6.54 Å². The zero-order valence-electron chi connectivity index (χ0n) is 13.5. The normalized spacial score (nSPS) is 17.2. The summed E-state index contributed by atoms with van der Waals surface area (Å²) >= 11 is 0. The highest BCUT2D eigenvalue weighted by molar-refractivity contribution is 5.93. The van der Waals surface area contributed by atoms with Crippen molar-refractivity contribution >= 4 is 22.6 Å². The van der Waals surface area contributed by atoms with Crippen LogP contribution in [-0.2, 0) is 11.3 Å². The van der Waals surface area contributed by atoms with Crippen molar-refractivity contribution in [2.24, 2.45) is 0 Å². The van der Waals surface area contributed by atoms with Crippen molar-refractivity contribution in [1.82, 2.24) is 15.3 Å². The first-order chi connectivity index (χ1) is 12.2. The molecule has 0 spiro atoms. The number of hydrogen-bond donors (Lipinski definition) is 1. The highest BCUT2D eigenvalue weighted by Crippen LogP contribution is 2.31. The van der Waals surface area contributed by atoms with Crippen LogP contribution in [0.2, 0.25) is 0 Å². The highest BCUT2D eigenvalue weighted by Gasteiger charge is 2.33. The molecular formula is C18H17FN4O2. The van der Waals surface area contributed by atoms with Crippen LogP contribution in [0.25, 0.3) is 10.9 Å². The maximum Gasteiger partial charge on any atom is 0.243 e. The number of hydrogen-bond acceptors (Lipinski definition) is 5. The number of halogens is 1.